The number of carbonyl (C=O) groups is 2. The van der Waals surface area contributed by atoms with E-state index in [-0.39, 0.29) is 11.6 Å². The lowest BCUT2D eigenvalue weighted by molar-refractivity contribution is -0.137. The average molecular weight is 464 g/mol. The molecule has 1 aliphatic carbocycles. The number of hydrogen-bond acceptors (Lipinski definition) is 2. The van der Waals surface area contributed by atoms with E-state index in [1.54, 1.807) is 4.90 Å². The Bertz CT molecular complexity index is 1120. The molecule has 0 aliphatic heterocycles. The van der Waals surface area contributed by atoms with Gasteiger partial charge < -0.3 is 5.32 Å². The number of hydrogen-bond donors (Lipinski definition) is 1. The van der Waals surface area contributed by atoms with E-state index in [1.165, 1.54) is 12.1 Å². The van der Waals surface area contributed by atoms with Gasteiger partial charge in [-0.15, -0.1) is 0 Å². The van der Waals surface area contributed by atoms with Gasteiger partial charge in [-0.05, 0) is 61.4 Å². The summed E-state index contributed by atoms with van der Waals surface area (Å²) in [6.07, 6.45) is 0.0434. The Labute approximate surface area is 195 Å². The minimum absolute atomic E-state index is 0.214. The molecule has 7 heteroatoms. The normalized spacial score (nSPS) is 17.7. The van der Waals surface area contributed by atoms with Gasteiger partial charge in [0.05, 0.1) is 17.4 Å². The Hall–Kier alpha value is -3.87. The third-order valence-electron chi connectivity index (χ3n) is 5.82. The van der Waals surface area contributed by atoms with Crippen LogP contribution in [0.2, 0.25) is 0 Å². The van der Waals surface area contributed by atoms with E-state index >= 15 is 0 Å². The topological polar surface area (TPSA) is 49.4 Å². The van der Waals surface area contributed by atoms with Crippen molar-refractivity contribution in [3.8, 4) is 0 Å². The van der Waals surface area contributed by atoms with Crippen LogP contribution in [0.15, 0.2) is 97.1 Å². The number of nitrogens with zero attached hydrogens (tertiary/aromatic N) is 1. The van der Waals surface area contributed by atoms with Crippen molar-refractivity contribution in [2.45, 2.75) is 19.0 Å². The van der Waals surface area contributed by atoms with Crippen LogP contribution in [0.5, 0.6) is 0 Å². The molecule has 2 amide bonds. The fourth-order valence-corrected chi connectivity index (χ4v) is 4.08. The van der Waals surface area contributed by atoms with E-state index < -0.39 is 29.5 Å². The minimum Gasteiger partial charge on any atom is -0.326 e. The first kappa shape index (κ1) is 23.3. The number of nitrogens with one attached hydrogen (secondary N) is 1. The van der Waals surface area contributed by atoms with Crippen molar-refractivity contribution in [3.05, 3.63) is 103 Å². The molecule has 0 spiro atoms. The molecular formula is C27H23F3N2O2. The summed E-state index contributed by atoms with van der Waals surface area (Å²) in [6.45, 7) is 0. The molecule has 4 rings (SSSR count). The number of alkyl halides is 3. The SMILES string of the molecule is O=C(Nc1ccc(C(F)(F)F)cc1)C1CC=CCC1C(=O)N(c1ccccc1)c1ccccc1. The van der Waals surface area contributed by atoms with Crippen LogP contribution in [0.3, 0.4) is 0 Å². The van der Waals surface area contributed by atoms with Crippen molar-refractivity contribution in [2.24, 2.45) is 11.8 Å². The first-order valence-electron chi connectivity index (χ1n) is 10.9. The highest BCUT2D eigenvalue weighted by Gasteiger charge is 2.37. The van der Waals surface area contributed by atoms with Gasteiger partial charge in [0.2, 0.25) is 11.8 Å². The quantitative estimate of drug-likeness (QED) is 0.433. The Kier molecular flexibility index (Phi) is 6.82. The molecule has 0 aromatic heterocycles. The van der Waals surface area contributed by atoms with Gasteiger partial charge in [-0.3, -0.25) is 14.5 Å². The molecular weight excluding hydrogens is 441 g/mol. The minimum atomic E-state index is -4.45. The highest BCUT2D eigenvalue weighted by molar-refractivity contribution is 6.05. The van der Waals surface area contributed by atoms with Gasteiger partial charge in [0, 0.05) is 17.1 Å². The van der Waals surface area contributed by atoms with Crippen LogP contribution in [0.4, 0.5) is 30.2 Å². The lowest BCUT2D eigenvalue weighted by Gasteiger charge is -2.32. The second-order valence-corrected chi connectivity index (χ2v) is 8.06. The second-order valence-electron chi connectivity index (χ2n) is 8.06. The number of amides is 2. The van der Waals surface area contributed by atoms with Gasteiger partial charge in [-0.25, -0.2) is 0 Å². The van der Waals surface area contributed by atoms with Crippen molar-refractivity contribution < 1.29 is 22.8 Å². The van der Waals surface area contributed by atoms with Crippen LogP contribution in [-0.2, 0) is 15.8 Å². The molecule has 2 unspecified atom stereocenters. The van der Waals surface area contributed by atoms with Gasteiger partial charge in [-0.1, -0.05) is 48.6 Å². The molecule has 174 valence electrons. The third-order valence-corrected chi connectivity index (χ3v) is 5.82. The monoisotopic (exact) mass is 464 g/mol. The van der Waals surface area contributed by atoms with Crippen LogP contribution in [0.25, 0.3) is 0 Å². The molecule has 2 atom stereocenters. The van der Waals surface area contributed by atoms with E-state index in [4.69, 9.17) is 0 Å². The molecule has 0 heterocycles. The zero-order chi connectivity index (χ0) is 24.1. The fraction of sp³-hybridized carbons (Fsp3) is 0.185. The second kappa shape index (κ2) is 9.95. The van der Waals surface area contributed by atoms with Crippen LogP contribution in [-0.4, -0.2) is 11.8 Å². The van der Waals surface area contributed by atoms with Crippen molar-refractivity contribution in [1.82, 2.24) is 0 Å². The lowest BCUT2D eigenvalue weighted by Crippen LogP contribution is -2.41. The van der Waals surface area contributed by atoms with E-state index in [0.29, 0.717) is 24.2 Å². The highest BCUT2D eigenvalue weighted by Crippen LogP contribution is 2.35. The Morgan fingerprint density at radius 3 is 1.74 bits per heavy atom. The summed E-state index contributed by atoms with van der Waals surface area (Å²) in [5.74, 6) is -1.90. The van der Waals surface area contributed by atoms with E-state index in [2.05, 4.69) is 5.32 Å². The lowest BCUT2D eigenvalue weighted by atomic mass is 9.81. The third kappa shape index (κ3) is 5.20. The molecule has 4 nitrogen and oxygen atoms in total. The van der Waals surface area contributed by atoms with Crippen LogP contribution < -0.4 is 10.2 Å². The van der Waals surface area contributed by atoms with E-state index in [0.717, 1.165) is 12.1 Å². The summed E-state index contributed by atoms with van der Waals surface area (Å²) in [5, 5.41) is 2.68. The molecule has 0 radical (unpaired) electrons. The number of halogens is 3. The molecule has 34 heavy (non-hydrogen) atoms. The maximum Gasteiger partial charge on any atom is 0.416 e. The van der Waals surface area contributed by atoms with Gasteiger partial charge in [-0.2, -0.15) is 13.2 Å². The molecule has 0 saturated carbocycles. The van der Waals surface area contributed by atoms with Crippen LogP contribution in [0.1, 0.15) is 18.4 Å². The zero-order valence-corrected chi connectivity index (χ0v) is 18.2. The molecule has 0 fully saturated rings. The maximum atomic E-state index is 13.8. The zero-order valence-electron chi connectivity index (χ0n) is 18.2. The number of anilines is 3. The number of carbonyl (C=O) groups excluding carboxylic acids is 2. The number of para-hydroxylation sites is 2. The predicted octanol–water partition coefficient (Wildman–Crippen LogP) is 6.59. The maximum absolute atomic E-state index is 13.8. The van der Waals surface area contributed by atoms with Crippen molar-refractivity contribution in [2.75, 3.05) is 10.2 Å². The predicted molar refractivity (Wildman–Crippen MR) is 125 cm³/mol. The van der Waals surface area contributed by atoms with Crippen molar-refractivity contribution in [1.29, 1.82) is 0 Å². The van der Waals surface area contributed by atoms with Gasteiger partial charge in [0.1, 0.15) is 0 Å². The number of rotatable bonds is 5. The fourth-order valence-electron chi connectivity index (χ4n) is 4.08. The molecule has 0 saturated heterocycles. The standard InChI is InChI=1S/C27H23F3N2O2/c28-27(29,30)19-15-17-20(18-16-19)31-25(33)23-13-7-8-14-24(23)26(34)32(21-9-3-1-4-10-21)22-11-5-2-6-12-22/h1-12,15-18,23-24H,13-14H2,(H,31,33). The Balaban J connectivity index is 1.58. The highest BCUT2D eigenvalue weighted by atomic mass is 19.4. The van der Waals surface area contributed by atoms with Gasteiger partial charge in [0.15, 0.2) is 0 Å². The molecule has 3 aromatic rings. The summed E-state index contributed by atoms with van der Waals surface area (Å²) in [7, 11) is 0. The van der Waals surface area contributed by atoms with Crippen molar-refractivity contribution >= 4 is 28.9 Å². The summed E-state index contributed by atoms with van der Waals surface area (Å²) < 4.78 is 38.5. The Morgan fingerprint density at radius 2 is 1.24 bits per heavy atom. The van der Waals surface area contributed by atoms with Crippen LogP contribution in [0, 0.1) is 11.8 Å². The van der Waals surface area contributed by atoms with Crippen LogP contribution >= 0.6 is 0 Å². The summed E-state index contributed by atoms with van der Waals surface area (Å²) in [4.78, 5) is 28.5. The summed E-state index contributed by atoms with van der Waals surface area (Å²) >= 11 is 0. The molecule has 0 bridgehead atoms. The largest absolute Gasteiger partial charge is 0.416 e. The Morgan fingerprint density at radius 1 is 0.735 bits per heavy atom. The number of benzene rings is 3. The van der Waals surface area contributed by atoms with Gasteiger partial charge >= 0.3 is 6.18 Å². The number of allylic oxidation sites excluding steroid dienone is 2. The average Bonchev–Trinajstić information content (AvgIpc) is 2.85. The summed E-state index contributed by atoms with van der Waals surface area (Å²) in [5.41, 5.74) is 0.840. The van der Waals surface area contributed by atoms with E-state index in [9.17, 15) is 22.8 Å². The first-order chi connectivity index (χ1) is 16.3. The van der Waals surface area contributed by atoms with E-state index in [1.807, 2.05) is 72.8 Å². The smallest absolute Gasteiger partial charge is 0.326 e. The molecule has 3 aromatic carbocycles. The van der Waals surface area contributed by atoms with Gasteiger partial charge in [0.25, 0.3) is 0 Å². The molecule has 1 N–H and O–H groups in total. The first-order valence-corrected chi connectivity index (χ1v) is 10.9. The molecule has 1 aliphatic rings. The summed E-state index contributed by atoms with van der Waals surface area (Å²) in [6, 6.07) is 22.7. The van der Waals surface area contributed by atoms with Crippen molar-refractivity contribution in [3.63, 3.8) is 0 Å².